The molecule has 3 nitrogen and oxygen atoms in total. The van der Waals surface area contributed by atoms with E-state index in [4.69, 9.17) is 10.5 Å². The number of carbonyl (C=O) groups is 1. The van der Waals surface area contributed by atoms with Crippen LogP contribution < -0.4 is 5.73 Å². The molecule has 0 aromatic carbocycles. The van der Waals surface area contributed by atoms with E-state index in [2.05, 4.69) is 15.9 Å². The summed E-state index contributed by atoms with van der Waals surface area (Å²) in [6.45, 7) is 0.983. The van der Waals surface area contributed by atoms with Crippen LogP contribution in [0.2, 0.25) is 0 Å². The summed E-state index contributed by atoms with van der Waals surface area (Å²) in [5.74, 6) is 0.0697. The lowest BCUT2D eigenvalue weighted by atomic mass is 9.97. The second-order valence-electron chi connectivity index (χ2n) is 3.66. The van der Waals surface area contributed by atoms with Crippen LogP contribution in [0.25, 0.3) is 0 Å². The predicted octanol–water partition coefficient (Wildman–Crippen LogP) is 1.60. The zero-order valence-corrected chi connectivity index (χ0v) is 10.5. The fraction of sp³-hybridized carbons (Fsp3) is 0.500. The number of rotatable bonds is 3. The van der Waals surface area contributed by atoms with Crippen LogP contribution in [0.3, 0.4) is 0 Å². The van der Waals surface area contributed by atoms with Gasteiger partial charge in [0, 0.05) is 17.3 Å². The summed E-state index contributed by atoms with van der Waals surface area (Å²) in [5.41, 5.74) is 5.79. The SMILES string of the molecule is NC1COCC1C(=O)Cc1ccc(Br)s1. The van der Waals surface area contributed by atoms with Crippen molar-refractivity contribution in [2.75, 3.05) is 13.2 Å². The molecule has 2 heterocycles. The Bertz CT molecular complexity index is 366. The van der Waals surface area contributed by atoms with Gasteiger partial charge >= 0.3 is 0 Å². The van der Waals surface area contributed by atoms with Gasteiger partial charge in [-0.3, -0.25) is 4.79 Å². The summed E-state index contributed by atoms with van der Waals surface area (Å²) in [6.07, 6.45) is 0.470. The number of thiophene rings is 1. The van der Waals surface area contributed by atoms with Crippen LogP contribution in [-0.4, -0.2) is 25.0 Å². The van der Waals surface area contributed by atoms with Gasteiger partial charge in [-0.2, -0.15) is 0 Å². The van der Waals surface area contributed by atoms with Gasteiger partial charge in [-0.1, -0.05) is 0 Å². The number of carbonyl (C=O) groups excluding carboxylic acids is 1. The van der Waals surface area contributed by atoms with E-state index in [1.165, 1.54) is 0 Å². The highest BCUT2D eigenvalue weighted by Gasteiger charge is 2.31. The number of ketones is 1. The molecule has 2 atom stereocenters. The third kappa shape index (κ3) is 2.66. The van der Waals surface area contributed by atoms with Gasteiger partial charge in [0.2, 0.25) is 0 Å². The normalized spacial score (nSPS) is 25.7. The van der Waals surface area contributed by atoms with Crippen LogP contribution in [0.1, 0.15) is 4.88 Å². The third-order valence-corrected chi connectivity index (χ3v) is 4.14. The molecule has 15 heavy (non-hydrogen) atoms. The molecule has 1 aromatic rings. The molecule has 2 N–H and O–H groups in total. The van der Waals surface area contributed by atoms with Crippen LogP contribution in [0.5, 0.6) is 0 Å². The molecule has 1 aliphatic rings. The second-order valence-corrected chi connectivity index (χ2v) is 6.20. The Labute approximate surface area is 101 Å². The van der Waals surface area contributed by atoms with Crippen molar-refractivity contribution in [3.8, 4) is 0 Å². The van der Waals surface area contributed by atoms with E-state index in [0.29, 0.717) is 19.6 Å². The van der Waals surface area contributed by atoms with Gasteiger partial charge < -0.3 is 10.5 Å². The van der Waals surface area contributed by atoms with Crippen LogP contribution in [-0.2, 0) is 16.0 Å². The number of hydrogen-bond acceptors (Lipinski definition) is 4. The van der Waals surface area contributed by atoms with Crippen molar-refractivity contribution in [1.29, 1.82) is 0 Å². The molecule has 0 bridgehead atoms. The first-order chi connectivity index (χ1) is 7.16. The van der Waals surface area contributed by atoms with Crippen molar-refractivity contribution in [2.45, 2.75) is 12.5 Å². The fourth-order valence-corrected chi connectivity index (χ4v) is 3.15. The molecule has 1 saturated heterocycles. The minimum atomic E-state index is -0.124. The van der Waals surface area contributed by atoms with Crippen LogP contribution in [0, 0.1) is 5.92 Å². The fourth-order valence-electron chi connectivity index (χ4n) is 1.65. The van der Waals surface area contributed by atoms with Crippen molar-refractivity contribution in [3.63, 3.8) is 0 Å². The average molecular weight is 290 g/mol. The number of nitrogens with two attached hydrogens (primary N) is 1. The Morgan fingerprint density at radius 3 is 2.93 bits per heavy atom. The molecular weight excluding hydrogens is 278 g/mol. The monoisotopic (exact) mass is 289 g/mol. The Morgan fingerprint density at radius 1 is 1.60 bits per heavy atom. The first-order valence-corrected chi connectivity index (χ1v) is 6.38. The van der Waals surface area contributed by atoms with E-state index >= 15 is 0 Å². The minimum Gasteiger partial charge on any atom is -0.379 e. The molecule has 2 rings (SSSR count). The Morgan fingerprint density at radius 2 is 2.40 bits per heavy atom. The number of halogens is 1. The number of ether oxygens (including phenoxy) is 1. The number of hydrogen-bond donors (Lipinski definition) is 1. The van der Waals surface area contributed by atoms with E-state index in [-0.39, 0.29) is 17.7 Å². The molecule has 0 spiro atoms. The first kappa shape index (κ1) is 11.3. The quantitative estimate of drug-likeness (QED) is 0.920. The van der Waals surface area contributed by atoms with Crippen molar-refractivity contribution >= 4 is 33.0 Å². The molecule has 1 aliphatic heterocycles. The maximum Gasteiger partial charge on any atom is 0.145 e. The van der Waals surface area contributed by atoms with Gasteiger partial charge in [-0.05, 0) is 28.1 Å². The zero-order valence-electron chi connectivity index (χ0n) is 8.11. The lowest BCUT2D eigenvalue weighted by Crippen LogP contribution is -2.34. The molecule has 0 saturated carbocycles. The lowest BCUT2D eigenvalue weighted by Gasteiger charge is -2.10. The van der Waals surface area contributed by atoms with Crippen molar-refractivity contribution in [1.82, 2.24) is 0 Å². The molecule has 0 aliphatic carbocycles. The average Bonchev–Trinajstić information content (AvgIpc) is 2.75. The first-order valence-electron chi connectivity index (χ1n) is 4.77. The molecular formula is C10H12BrNO2S. The maximum atomic E-state index is 11.9. The predicted molar refractivity (Wildman–Crippen MR) is 63.0 cm³/mol. The molecule has 82 valence electrons. The summed E-state index contributed by atoms with van der Waals surface area (Å²) < 4.78 is 6.23. The van der Waals surface area contributed by atoms with Gasteiger partial charge in [-0.15, -0.1) is 11.3 Å². The molecule has 0 radical (unpaired) electrons. The van der Waals surface area contributed by atoms with Gasteiger partial charge in [0.25, 0.3) is 0 Å². The summed E-state index contributed by atoms with van der Waals surface area (Å²) >= 11 is 4.97. The summed E-state index contributed by atoms with van der Waals surface area (Å²) in [5, 5.41) is 0. The summed E-state index contributed by atoms with van der Waals surface area (Å²) in [7, 11) is 0. The van der Waals surface area contributed by atoms with Crippen LogP contribution >= 0.6 is 27.3 Å². The van der Waals surface area contributed by atoms with Crippen molar-refractivity contribution < 1.29 is 9.53 Å². The molecule has 5 heteroatoms. The highest BCUT2D eigenvalue weighted by molar-refractivity contribution is 9.11. The van der Waals surface area contributed by atoms with Crippen molar-refractivity contribution in [2.24, 2.45) is 11.7 Å². The highest BCUT2D eigenvalue weighted by Crippen LogP contribution is 2.24. The third-order valence-electron chi connectivity index (χ3n) is 2.52. The second kappa shape index (κ2) is 4.74. The molecule has 0 amide bonds. The van der Waals surface area contributed by atoms with Gasteiger partial charge in [-0.25, -0.2) is 0 Å². The van der Waals surface area contributed by atoms with E-state index in [9.17, 15) is 4.79 Å². The molecule has 1 fully saturated rings. The van der Waals surface area contributed by atoms with Gasteiger partial charge in [0.15, 0.2) is 0 Å². The standard InChI is InChI=1S/C10H12BrNO2S/c11-10-2-1-6(15-10)3-9(13)7-4-14-5-8(7)12/h1-2,7-8H,3-5,12H2. The van der Waals surface area contributed by atoms with E-state index in [0.717, 1.165) is 8.66 Å². The Hall–Kier alpha value is -0.230. The topological polar surface area (TPSA) is 52.3 Å². The Balaban J connectivity index is 1.97. The summed E-state index contributed by atoms with van der Waals surface area (Å²) in [4.78, 5) is 12.9. The molecule has 1 aromatic heterocycles. The van der Waals surface area contributed by atoms with Gasteiger partial charge in [0.1, 0.15) is 5.78 Å². The molecule has 2 unspecified atom stereocenters. The number of Topliss-reactive ketones (excluding diaryl/α,β-unsaturated/α-hetero) is 1. The van der Waals surface area contributed by atoms with Crippen molar-refractivity contribution in [3.05, 3.63) is 20.8 Å². The largest absolute Gasteiger partial charge is 0.379 e. The zero-order chi connectivity index (χ0) is 10.8. The lowest BCUT2D eigenvalue weighted by molar-refractivity contribution is -0.122. The minimum absolute atomic E-state index is 0.120. The van der Waals surface area contributed by atoms with Crippen LogP contribution in [0.4, 0.5) is 0 Å². The summed E-state index contributed by atoms with van der Waals surface area (Å²) in [6, 6.07) is 3.80. The van der Waals surface area contributed by atoms with Crippen LogP contribution in [0.15, 0.2) is 15.9 Å². The highest BCUT2D eigenvalue weighted by atomic mass is 79.9. The maximum absolute atomic E-state index is 11.9. The van der Waals surface area contributed by atoms with E-state index in [1.54, 1.807) is 11.3 Å². The van der Waals surface area contributed by atoms with Gasteiger partial charge in [0.05, 0.1) is 22.9 Å². The Kier molecular flexibility index (Phi) is 3.56. The smallest absolute Gasteiger partial charge is 0.145 e. The van der Waals surface area contributed by atoms with E-state index in [1.807, 2.05) is 12.1 Å². The van der Waals surface area contributed by atoms with E-state index < -0.39 is 0 Å².